The highest BCUT2D eigenvalue weighted by Crippen LogP contribution is 2.59. The molecule has 7 aromatic carbocycles. The first-order valence-corrected chi connectivity index (χ1v) is 16.6. The third-order valence-electron chi connectivity index (χ3n) is 10.1. The van der Waals surface area contributed by atoms with Gasteiger partial charge in [0.05, 0.1) is 5.41 Å². The minimum absolute atomic E-state index is 0.197. The van der Waals surface area contributed by atoms with Crippen LogP contribution in [0.5, 0.6) is 23.0 Å². The van der Waals surface area contributed by atoms with E-state index < -0.39 is 5.41 Å². The van der Waals surface area contributed by atoms with Gasteiger partial charge in [-0.2, -0.15) is 0 Å². The van der Waals surface area contributed by atoms with Crippen molar-refractivity contribution in [2.45, 2.75) is 11.6 Å². The summed E-state index contributed by atoms with van der Waals surface area (Å²) >= 11 is 0. The summed E-state index contributed by atoms with van der Waals surface area (Å²) in [5.74, 6) is 2.80. The van der Waals surface area contributed by atoms with Gasteiger partial charge in [-0.25, -0.2) is 0 Å². The Morgan fingerprint density at radius 3 is 1.94 bits per heavy atom. The number of fused-ring (bicyclic) bond motifs is 6. The molecule has 4 nitrogen and oxygen atoms in total. The fourth-order valence-electron chi connectivity index (χ4n) is 7.92. The maximum absolute atomic E-state index is 6.72. The monoisotopic (exact) mass is 630 g/mol. The minimum atomic E-state index is -0.503. The van der Waals surface area contributed by atoms with Crippen molar-refractivity contribution in [3.05, 3.63) is 197 Å². The Kier molecular flexibility index (Phi) is 6.12. The van der Waals surface area contributed by atoms with Crippen molar-refractivity contribution in [2.75, 3.05) is 5.32 Å². The number of anilines is 1. The molecular formula is C45H30N2O2. The Hall–Kier alpha value is -6.39. The average Bonchev–Trinajstić information content (AvgIpc) is 3.46. The molecule has 7 aromatic rings. The maximum atomic E-state index is 6.72. The SMILES string of the molecule is C1=NC(c2ccccc2-c2ccc3c(c2)Oc2cc4c(cc2O3)C(c2ccccc2)(c2ccccc2)c2ccccc2-4)Nc2ccccc21. The molecule has 232 valence electrons. The van der Waals surface area contributed by atoms with Gasteiger partial charge in [0.15, 0.2) is 23.0 Å². The fourth-order valence-corrected chi connectivity index (χ4v) is 7.92. The standard InChI is InChI=1S/C45H30N2O2/c1-3-14-31(15-4-1)45(32-16-5-2-6-17-32)37-21-11-10-19-34(37)36-26-42-43(27-38(36)45)48-40-24-23-29(25-41(40)49-42)33-18-8-9-20-35(33)44-46-28-30-13-7-12-22-39(30)47-44/h1-28,44,47H. The minimum Gasteiger partial charge on any atom is -0.450 e. The number of nitrogens with one attached hydrogen (secondary N) is 1. The second-order valence-electron chi connectivity index (χ2n) is 12.7. The van der Waals surface area contributed by atoms with E-state index in [0.29, 0.717) is 23.0 Å². The number of para-hydroxylation sites is 1. The van der Waals surface area contributed by atoms with Crippen LogP contribution in [0.4, 0.5) is 5.69 Å². The molecule has 1 aliphatic carbocycles. The van der Waals surface area contributed by atoms with Crippen LogP contribution in [0.25, 0.3) is 22.3 Å². The molecule has 1 unspecified atom stereocenters. The third kappa shape index (κ3) is 4.20. The summed E-state index contributed by atoms with van der Waals surface area (Å²) in [5.41, 5.74) is 12.1. The molecule has 10 rings (SSSR count). The van der Waals surface area contributed by atoms with Crippen molar-refractivity contribution in [1.29, 1.82) is 0 Å². The molecular weight excluding hydrogens is 601 g/mol. The van der Waals surface area contributed by atoms with E-state index in [1.807, 2.05) is 24.4 Å². The third-order valence-corrected chi connectivity index (χ3v) is 10.1. The molecule has 49 heavy (non-hydrogen) atoms. The topological polar surface area (TPSA) is 42.9 Å². The molecule has 0 radical (unpaired) electrons. The van der Waals surface area contributed by atoms with Crippen molar-refractivity contribution >= 4 is 11.9 Å². The van der Waals surface area contributed by atoms with Crippen molar-refractivity contribution in [1.82, 2.24) is 0 Å². The van der Waals surface area contributed by atoms with Gasteiger partial charge in [-0.1, -0.05) is 133 Å². The van der Waals surface area contributed by atoms with Crippen LogP contribution >= 0.6 is 0 Å². The first kappa shape index (κ1) is 27.7. The number of hydrogen-bond acceptors (Lipinski definition) is 4. The van der Waals surface area contributed by atoms with Crippen LogP contribution in [-0.2, 0) is 5.41 Å². The average molecular weight is 631 g/mol. The van der Waals surface area contributed by atoms with Gasteiger partial charge >= 0.3 is 0 Å². The largest absolute Gasteiger partial charge is 0.450 e. The Morgan fingerprint density at radius 1 is 0.490 bits per heavy atom. The van der Waals surface area contributed by atoms with Gasteiger partial charge in [-0.05, 0) is 74.8 Å². The van der Waals surface area contributed by atoms with Crippen LogP contribution in [0.3, 0.4) is 0 Å². The van der Waals surface area contributed by atoms with E-state index in [2.05, 4.69) is 151 Å². The van der Waals surface area contributed by atoms with Crippen molar-refractivity contribution in [2.24, 2.45) is 4.99 Å². The molecule has 0 fully saturated rings. The normalized spacial score (nSPS) is 15.7. The first-order chi connectivity index (χ1) is 24.3. The number of benzene rings is 7. The maximum Gasteiger partial charge on any atom is 0.170 e. The quantitative estimate of drug-likeness (QED) is 0.210. The van der Waals surface area contributed by atoms with Gasteiger partial charge in [0.1, 0.15) is 6.17 Å². The Labute approximate surface area is 285 Å². The van der Waals surface area contributed by atoms with Crippen LogP contribution < -0.4 is 14.8 Å². The molecule has 1 N–H and O–H groups in total. The summed E-state index contributed by atoms with van der Waals surface area (Å²) in [4.78, 5) is 4.86. The molecule has 2 heterocycles. The zero-order valence-electron chi connectivity index (χ0n) is 26.5. The van der Waals surface area contributed by atoms with Gasteiger partial charge < -0.3 is 14.8 Å². The Bertz CT molecular complexity index is 2390. The number of ether oxygens (including phenoxy) is 2. The van der Waals surface area contributed by atoms with E-state index in [0.717, 1.165) is 33.5 Å². The van der Waals surface area contributed by atoms with Crippen LogP contribution in [0.1, 0.15) is 39.5 Å². The Balaban J connectivity index is 1.07. The van der Waals surface area contributed by atoms with E-state index in [1.54, 1.807) is 0 Å². The molecule has 0 saturated carbocycles. The molecule has 0 bridgehead atoms. The summed E-state index contributed by atoms with van der Waals surface area (Å²) < 4.78 is 13.4. The van der Waals surface area contributed by atoms with Crippen LogP contribution in [0.2, 0.25) is 0 Å². The molecule has 0 saturated heterocycles. The zero-order chi connectivity index (χ0) is 32.4. The van der Waals surface area contributed by atoms with Crippen molar-refractivity contribution < 1.29 is 9.47 Å². The van der Waals surface area contributed by atoms with Crippen LogP contribution in [0.15, 0.2) is 169 Å². The lowest BCUT2D eigenvalue weighted by atomic mass is 9.67. The van der Waals surface area contributed by atoms with Gasteiger partial charge in [-0.3, -0.25) is 4.99 Å². The fraction of sp³-hybridized carbons (Fsp3) is 0.0444. The van der Waals surface area contributed by atoms with Gasteiger partial charge in [0, 0.05) is 23.0 Å². The molecule has 2 aliphatic heterocycles. The van der Waals surface area contributed by atoms with Gasteiger partial charge in [0.25, 0.3) is 0 Å². The van der Waals surface area contributed by atoms with Crippen molar-refractivity contribution in [3.8, 4) is 45.3 Å². The lowest BCUT2D eigenvalue weighted by Gasteiger charge is -2.34. The molecule has 0 aromatic heterocycles. The molecule has 1 atom stereocenters. The van der Waals surface area contributed by atoms with E-state index >= 15 is 0 Å². The predicted molar refractivity (Wildman–Crippen MR) is 196 cm³/mol. The van der Waals surface area contributed by atoms with E-state index in [1.165, 1.54) is 27.8 Å². The Morgan fingerprint density at radius 2 is 1.12 bits per heavy atom. The first-order valence-electron chi connectivity index (χ1n) is 16.6. The number of rotatable bonds is 4. The number of nitrogens with zero attached hydrogens (tertiary/aromatic N) is 1. The van der Waals surface area contributed by atoms with Crippen molar-refractivity contribution in [3.63, 3.8) is 0 Å². The second kappa shape index (κ2) is 10.8. The second-order valence-corrected chi connectivity index (χ2v) is 12.7. The highest BCUT2D eigenvalue weighted by atomic mass is 16.6. The number of aliphatic imine (C=N–C) groups is 1. The predicted octanol–water partition coefficient (Wildman–Crippen LogP) is 11.2. The summed E-state index contributed by atoms with van der Waals surface area (Å²) in [5, 5.41) is 3.61. The summed E-state index contributed by atoms with van der Waals surface area (Å²) in [6.07, 6.45) is 1.76. The molecule has 3 aliphatic rings. The molecule has 4 heteroatoms. The molecule has 0 spiro atoms. The summed E-state index contributed by atoms with van der Waals surface area (Å²) in [6, 6.07) is 57.6. The highest BCUT2D eigenvalue weighted by Gasteiger charge is 2.47. The van der Waals surface area contributed by atoms with E-state index in [4.69, 9.17) is 14.5 Å². The van der Waals surface area contributed by atoms with Crippen LogP contribution in [0, 0.1) is 0 Å². The molecule has 0 amide bonds. The smallest absolute Gasteiger partial charge is 0.170 e. The van der Waals surface area contributed by atoms with E-state index in [9.17, 15) is 0 Å². The lowest BCUT2D eigenvalue weighted by molar-refractivity contribution is 0.359. The van der Waals surface area contributed by atoms with Crippen LogP contribution in [-0.4, -0.2) is 6.21 Å². The van der Waals surface area contributed by atoms with Gasteiger partial charge in [-0.15, -0.1) is 0 Å². The zero-order valence-corrected chi connectivity index (χ0v) is 26.5. The lowest BCUT2D eigenvalue weighted by Crippen LogP contribution is -2.28. The summed E-state index contributed by atoms with van der Waals surface area (Å²) in [6.45, 7) is 0. The number of hydrogen-bond donors (Lipinski definition) is 1. The summed E-state index contributed by atoms with van der Waals surface area (Å²) in [7, 11) is 0. The van der Waals surface area contributed by atoms with E-state index in [-0.39, 0.29) is 6.17 Å². The highest BCUT2D eigenvalue weighted by molar-refractivity contribution is 5.91. The van der Waals surface area contributed by atoms with Gasteiger partial charge in [0.2, 0.25) is 0 Å².